The van der Waals surface area contributed by atoms with Crippen LogP contribution in [0, 0.1) is 13.8 Å². The van der Waals surface area contributed by atoms with Crippen molar-refractivity contribution in [2.75, 3.05) is 6.61 Å². The first-order valence-corrected chi connectivity index (χ1v) is 9.62. The number of halogens is 1. The van der Waals surface area contributed by atoms with Crippen LogP contribution in [0.2, 0.25) is 0 Å². The molecule has 4 heteroatoms. The van der Waals surface area contributed by atoms with Crippen LogP contribution in [0.3, 0.4) is 0 Å². The molecule has 3 aromatic carbocycles. The predicted octanol–water partition coefficient (Wildman–Crippen LogP) is 5.35. The van der Waals surface area contributed by atoms with E-state index in [1.54, 1.807) is 0 Å². The van der Waals surface area contributed by atoms with Crippen LogP contribution in [-0.2, 0) is 4.79 Å². The summed E-state index contributed by atoms with van der Waals surface area (Å²) in [6, 6.07) is 23.5. The quantitative estimate of drug-likeness (QED) is 0.579. The van der Waals surface area contributed by atoms with Crippen molar-refractivity contribution in [2.24, 2.45) is 0 Å². The lowest BCUT2D eigenvalue weighted by atomic mass is 9.95. The molecule has 1 N–H and O–H groups in total. The number of carbonyl (C=O) groups is 1. The average Bonchev–Trinajstić information content (AvgIpc) is 2.68. The molecule has 0 fully saturated rings. The summed E-state index contributed by atoms with van der Waals surface area (Å²) in [5, 5.41) is 3.11. The van der Waals surface area contributed by atoms with E-state index in [0.717, 1.165) is 26.7 Å². The highest BCUT2D eigenvalue weighted by molar-refractivity contribution is 9.10. The van der Waals surface area contributed by atoms with Gasteiger partial charge >= 0.3 is 0 Å². The zero-order chi connectivity index (χ0) is 19.2. The van der Waals surface area contributed by atoms with Crippen LogP contribution in [0.15, 0.2) is 77.3 Å². The Morgan fingerprint density at radius 2 is 1.67 bits per heavy atom. The van der Waals surface area contributed by atoms with E-state index in [2.05, 4.69) is 34.2 Å². The summed E-state index contributed by atoms with van der Waals surface area (Å²) in [5.74, 6) is 0.519. The minimum absolute atomic E-state index is 0.0315. The lowest BCUT2D eigenvalue weighted by molar-refractivity contribution is -0.123. The van der Waals surface area contributed by atoms with Gasteiger partial charge in [-0.25, -0.2) is 0 Å². The van der Waals surface area contributed by atoms with Crippen LogP contribution < -0.4 is 10.1 Å². The maximum atomic E-state index is 12.6. The van der Waals surface area contributed by atoms with Gasteiger partial charge in [0.1, 0.15) is 5.75 Å². The highest BCUT2D eigenvalue weighted by atomic mass is 79.9. The number of ether oxygens (including phenoxy) is 1. The molecule has 27 heavy (non-hydrogen) atoms. The van der Waals surface area contributed by atoms with Crippen LogP contribution in [-0.4, -0.2) is 12.5 Å². The Balaban J connectivity index is 1.75. The number of aryl methyl sites for hydroxylation is 2. The van der Waals surface area contributed by atoms with Crippen molar-refractivity contribution in [1.82, 2.24) is 5.32 Å². The molecule has 0 aromatic heterocycles. The highest BCUT2D eigenvalue weighted by Crippen LogP contribution is 2.25. The maximum absolute atomic E-state index is 12.6. The normalized spacial score (nSPS) is 11.7. The van der Waals surface area contributed by atoms with Crippen molar-refractivity contribution >= 4 is 21.8 Å². The molecule has 0 spiro atoms. The summed E-state index contributed by atoms with van der Waals surface area (Å²) in [5.41, 5.74) is 4.32. The van der Waals surface area contributed by atoms with Crippen LogP contribution in [0.1, 0.15) is 28.3 Å². The first-order valence-electron chi connectivity index (χ1n) is 8.83. The summed E-state index contributed by atoms with van der Waals surface area (Å²) >= 11 is 3.47. The van der Waals surface area contributed by atoms with Gasteiger partial charge in [-0.3, -0.25) is 4.79 Å². The van der Waals surface area contributed by atoms with E-state index in [9.17, 15) is 4.79 Å². The van der Waals surface area contributed by atoms with E-state index in [1.165, 1.54) is 0 Å². The molecule has 0 radical (unpaired) electrons. The standard InChI is InChI=1S/C23H22BrNO2/c1-16-8-6-7-11-20(16)23(18-9-4-3-5-10-18)25-22(26)15-27-19-12-13-21(24)17(2)14-19/h3-14,23H,15H2,1-2H3,(H,25,26)/t23-/m0/s1. The van der Waals surface area contributed by atoms with E-state index in [0.29, 0.717) is 5.75 Å². The first-order chi connectivity index (χ1) is 13.0. The molecule has 1 atom stereocenters. The number of hydrogen-bond donors (Lipinski definition) is 1. The molecular weight excluding hydrogens is 402 g/mol. The fraction of sp³-hybridized carbons (Fsp3) is 0.174. The van der Waals surface area contributed by atoms with E-state index in [4.69, 9.17) is 4.74 Å². The Hall–Kier alpha value is -2.59. The Morgan fingerprint density at radius 3 is 2.37 bits per heavy atom. The second-order valence-electron chi connectivity index (χ2n) is 6.47. The molecule has 0 unspecified atom stereocenters. The fourth-order valence-corrected chi connectivity index (χ4v) is 3.20. The molecule has 3 nitrogen and oxygen atoms in total. The Labute approximate surface area is 168 Å². The molecule has 0 bridgehead atoms. The molecule has 0 heterocycles. The van der Waals surface area contributed by atoms with Gasteiger partial charge in [0, 0.05) is 4.47 Å². The summed E-state index contributed by atoms with van der Waals surface area (Å²) in [6.45, 7) is 4.01. The number of rotatable bonds is 6. The van der Waals surface area contributed by atoms with Crippen molar-refractivity contribution in [3.8, 4) is 5.75 Å². The monoisotopic (exact) mass is 423 g/mol. The Bertz CT molecular complexity index is 925. The number of hydrogen-bond acceptors (Lipinski definition) is 2. The maximum Gasteiger partial charge on any atom is 0.258 e. The van der Waals surface area contributed by atoms with Gasteiger partial charge < -0.3 is 10.1 Å². The van der Waals surface area contributed by atoms with E-state index < -0.39 is 0 Å². The molecule has 1 amide bonds. The van der Waals surface area contributed by atoms with Crippen molar-refractivity contribution in [1.29, 1.82) is 0 Å². The van der Waals surface area contributed by atoms with Crippen molar-refractivity contribution in [3.05, 3.63) is 99.5 Å². The van der Waals surface area contributed by atoms with Crippen LogP contribution in [0.25, 0.3) is 0 Å². The largest absolute Gasteiger partial charge is 0.484 e. The van der Waals surface area contributed by atoms with Crippen molar-refractivity contribution in [3.63, 3.8) is 0 Å². The number of nitrogens with one attached hydrogen (secondary N) is 1. The fourth-order valence-electron chi connectivity index (χ4n) is 2.96. The summed E-state index contributed by atoms with van der Waals surface area (Å²) in [6.07, 6.45) is 0. The molecule has 0 aliphatic rings. The third-order valence-electron chi connectivity index (χ3n) is 4.44. The second kappa shape index (κ2) is 8.87. The molecule has 0 aliphatic heterocycles. The lowest BCUT2D eigenvalue weighted by Crippen LogP contribution is -2.33. The molecular formula is C23H22BrNO2. The minimum atomic E-state index is -0.213. The van der Waals surface area contributed by atoms with Gasteiger partial charge in [0.2, 0.25) is 0 Å². The van der Waals surface area contributed by atoms with Gasteiger partial charge in [-0.1, -0.05) is 70.5 Å². The summed E-state index contributed by atoms with van der Waals surface area (Å²) in [7, 11) is 0. The van der Waals surface area contributed by atoms with E-state index in [1.807, 2.05) is 73.7 Å². The van der Waals surface area contributed by atoms with Gasteiger partial charge in [-0.15, -0.1) is 0 Å². The number of carbonyl (C=O) groups excluding carboxylic acids is 1. The zero-order valence-corrected chi connectivity index (χ0v) is 17.0. The smallest absolute Gasteiger partial charge is 0.258 e. The number of amides is 1. The molecule has 3 aromatic rings. The third-order valence-corrected chi connectivity index (χ3v) is 5.33. The van der Waals surface area contributed by atoms with Crippen molar-refractivity contribution < 1.29 is 9.53 Å². The SMILES string of the molecule is Cc1cc(OCC(=O)N[C@@H](c2ccccc2)c2ccccc2C)ccc1Br. The first kappa shape index (κ1) is 19.2. The van der Waals surface area contributed by atoms with Gasteiger partial charge in [-0.2, -0.15) is 0 Å². The predicted molar refractivity (Wildman–Crippen MR) is 112 cm³/mol. The summed E-state index contributed by atoms with van der Waals surface area (Å²) < 4.78 is 6.69. The van der Waals surface area contributed by atoms with Gasteiger partial charge in [0.25, 0.3) is 5.91 Å². The zero-order valence-electron chi connectivity index (χ0n) is 15.4. The van der Waals surface area contributed by atoms with Crippen LogP contribution >= 0.6 is 15.9 Å². The minimum Gasteiger partial charge on any atom is -0.484 e. The topological polar surface area (TPSA) is 38.3 Å². The molecule has 0 saturated carbocycles. The average molecular weight is 424 g/mol. The highest BCUT2D eigenvalue weighted by Gasteiger charge is 2.18. The molecule has 0 saturated heterocycles. The second-order valence-corrected chi connectivity index (χ2v) is 7.32. The Morgan fingerprint density at radius 1 is 0.963 bits per heavy atom. The molecule has 0 aliphatic carbocycles. The van der Waals surface area contributed by atoms with Crippen LogP contribution in [0.5, 0.6) is 5.75 Å². The van der Waals surface area contributed by atoms with Gasteiger partial charge in [0.15, 0.2) is 6.61 Å². The third kappa shape index (κ3) is 4.98. The van der Waals surface area contributed by atoms with Gasteiger partial charge in [-0.05, 0) is 54.3 Å². The molecule has 138 valence electrons. The van der Waals surface area contributed by atoms with Crippen LogP contribution in [0.4, 0.5) is 0 Å². The van der Waals surface area contributed by atoms with E-state index >= 15 is 0 Å². The Kier molecular flexibility index (Phi) is 6.30. The van der Waals surface area contributed by atoms with Gasteiger partial charge in [0.05, 0.1) is 6.04 Å². The lowest BCUT2D eigenvalue weighted by Gasteiger charge is -2.22. The van der Waals surface area contributed by atoms with E-state index in [-0.39, 0.29) is 18.6 Å². The molecule has 3 rings (SSSR count). The summed E-state index contributed by atoms with van der Waals surface area (Å²) in [4.78, 5) is 12.6. The van der Waals surface area contributed by atoms with Crippen molar-refractivity contribution in [2.45, 2.75) is 19.9 Å². The number of benzene rings is 3.